The first-order valence-electron chi connectivity index (χ1n) is 2.79. The maximum Gasteiger partial charge on any atom is 0.419 e. The van der Waals surface area contributed by atoms with Gasteiger partial charge in [-0.15, -0.1) is 0 Å². The zero-order chi connectivity index (χ0) is 9.35. The Morgan fingerprint density at radius 1 is 1.17 bits per heavy atom. The average Bonchev–Trinajstić information content (AvgIpc) is 1.92. The minimum Gasteiger partial charge on any atom is -0.262 e. The lowest BCUT2D eigenvalue weighted by Crippen LogP contribution is -2.06. The number of hydrogen-bond acceptors (Lipinski definition) is 1. The highest BCUT2D eigenvalue weighted by Crippen LogP contribution is 2.36. The molecule has 1 aromatic heterocycles. The van der Waals surface area contributed by atoms with Gasteiger partial charge in [0.2, 0.25) is 0 Å². The van der Waals surface area contributed by atoms with E-state index in [0.29, 0.717) is 6.20 Å². The molecule has 0 bridgehead atoms. The van der Waals surface area contributed by atoms with E-state index in [9.17, 15) is 13.2 Å². The summed E-state index contributed by atoms with van der Waals surface area (Å²) in [6.07, 6.45) is -2.82. The van der Waals surface area contributed by atoms with Crippen LogP contribution in [0.25, 0.3) is 0 Å². The third-order valence-corrected chi connectivity index (χ3v) is 1.93. The fraction of sp³-hybridized carbons (Fsp3) is 0.167. The Balaban J connectivity index is 3.26. The standard InChI is InChI=1S/C6H2Cl2F3N/c7-4-2-12-1-3(5(4)8)6(9,10)11/h1-2H. The van der Waals surface area contributed by atoms with Crippen LogP contribution in [0.4, 0.5) is 13.2 Å². The fourth-order valence-electron chi connectivity index (χ4n) is 0.617. The van der Waals surface area contributed by atoms with Gasteiger partial charge in [-0.1, -0.05) is 23.2 Å². The van der Waals surface area contributed by atoms with Crippen molar-refractivity contribution in [3.63, 3.8) is 0 Å². The van der Waals surface area contributed by atoms with E-state index in [0.717, 1.165) is 6.20 Å². The van der Waals surface area contributed by atoms with Crippen molar-refractivity contribution in [2.75, 3.05) is 0 Å². The van der Waals surface area contributed by atoms with Crippen molar-refractivity contribution in [3.8, 4) is 0 Å². The van der Waals surface area contributed by atoms with Crippen molar-refractivity contribution in [1.29, 1.82) is 0 Å². The molecule has 0 atom stereocenters. The summed E-state index contributed by atoms with van der Waals surface area (Å²) in [5, 5.41) is -0.717. The molecule has 0 unspecified atom stereocenters. The number of nitrogens with zero attached hydrogens (tertiary/aromatic N) is 1. The van der Waals surface area contributed by atoms with E-state index in [1.165, 1.54) is 0 Å². The van der Waals surface area contributed by atoms with Crippen molar-refractivity contribution in [1.82, 2.24) is 4.98 Å². The average molecular weight is 216 g/mol. The highest BCUT2D eigenvalue weighted by Gasteiger charge is 2.34. The van der Waals surface area contributed by atoms with Crippen LogP contribution in [0.1, 0.15) is 5.56 Å². The second-order valence-corrected chi connectivity index (χ2v) is 2.77. The molecule has 1 nitrogen and oxygen atoms in total. The molecule has 0 amide bonds. The minimum atomic E-state index is -4.50. The molecule has 12 heavy (non-hydrogen) atoms. The molecule has 66 valence electrons. The van der Waals surface area contributed by atoms with Crippen LogP contribution in [0.3, 0.4) is 0 Å². The molecule has 0 N–H and O–H groups in total. The van der Waals surface area contributed by atoms with Crippen molar-refractivity contribution >= 4 is 23.2 Å². The van der Waals surface area contributed by atoms with Gasteiger partial charge in [-0.05, 0) is 0 Å². The van der Waals surface area contributed by atoms with Gasteiger partial charge in [0.15, 0.2) is 0 Å². The van der Waals surface area contributed by atoms with E-state index in [-0.39, 0.29) is 5.02 Å². The lowest BCUT2D eigenvalue weighted by molar-refractivity contribution is -0.137. The highest BCUT2D eigenvalue weighted by atomic mass is 35.5. The van der Waals surface area contributed by atoms with Crippen molar-refractivity contribution in [2.45, 2.75) is 6.18 Å². The first-order chi connectivity index (χ1) is 5.43. The summed E-state index contributed by atoms with van der Waals surface area (Å²) >= 11 is 10.6. The number of pyridine rings is 1. The normalized spacial score (nSPS) is 11.8. The third kappa shape index (κ3) is 1.81. The molecule has 0 saturated carbocycles. The van der Waals surface area contributed by atoms with Crippen molar-refractivity contribution < 1.29 is 13.2 Å². The number of hydrogen-bond donors (Lipinski definition) is 0. The lowest BCUT2D eigenvalue weighted by atomic mass is 10.3. The van der Waals surface area contributed by atoms with Gasteiger partial charge in [-0.25, -0.2) is 0 Å². The van der Waals surface area contributed by atoms with Crippen molar-refractivity contribution in [3.05, 3.63) is 28.0 Å². The Labute approximate surface area is 76.1 Å². The Kier molecular flexibility index (Phi) is 2.49. The van der Waals surface area contributed by atoms with Crippen LogP contribution in [-0.2, 0) is 6.18 Å². The molecule has 0 saturated heterocycles. The fourth-order valence-corrected chi connectivity index (χ4v) is 0.980. The van der Waals surface area contributed by atoms with E-state index in [2.05, 4.69) is 4.98 Å². The molecule has 0 spiro atoms. The number of aromatic nitrogens is 1. The van der Waals surface area contributed by atoms with E-state index in [1.807, 2.05) is 0 Å². The van der Waals surface area contributed by atoms with Gasteiger partial charge in [-0.2, -0.15) is 13.2 Å². The predicted molar refractivity (Wildman–Crippen MR) is 39.3 cm³/mol. The Morgan fingerprint density at radius 3 is 2.17 bits per heavy atom. The smallest absolute Gasteiger partial charge is 0.262 e. The van der Waals surface area contributed by atoms with Gasteiger partial charge in [0.05, 0.1) is 15.6 Å². The summed E-state index contributed by atoms with van der Waals surface area (Å²) < 4.78 is 36.1. The van der Waals surface area contributed by atoms with E-state index >= 15 is 0 Å². The minimum absolute atomic E-state index is 0.202. The highest BCUT2D eigenvalue weighted by molar-refractivity contribution is 6.42. The maximum absolute atomic E-state index is 12.0. The molecule has 0 radical (unpaired) electrons. The first-order valence-corrected chi connectivity index (χ1v) is 3.54. The number of rotatable bonds is 0. The molecule has 1 heterocycles. The van der Waals surface area contributed by atoms with Crippen LogP contribution in [0, 0.1) is 0 Å². The molecule has 6 heteroatoms. The molecule has 0 aliphatic rings. The van der Waals surface area contributed by atoms with Crippen LogP contribution in [0.15, 0.2) is 12.4 Å². The zero-order valence-corrected chi connectivity index (χ0v) is 7.00. The van der Waals surface area contributed by atoms with Crippen LogP contribution >= 0.6 is 23.2 Å². The van der Waals surface area contributed by atoms with Gasteiger partial charge in [0, 0.05) is 12.4 Å². The van der Waals surface area contributed by atoms with Gasteiger partial charge >= 0.3 is 6.18 Å². The third-order valence-electron chi connectivity index (χ3n) is 1.14. The summed E-state index contributed by atoms with van der Waals surface area (Å²) in [4.78, 5) is 3.28. The summed E-state index contributed by atoms with van der Waals surface area (Å²) in [5.41, 5.74) is -1.02. The first kappa shape index (κ1) is 9.61. The quantitative estimate of drug-likeness (QED) is 0.647. The molecule has 0 aliphatic carbocycles. The Morgan fingerprint density at radius 2 is 1.75 bits per heavy atom. The number of halogens is 5. The van der Waals surface area contributed by atoms with Gasteiger partial charge in [0.25, 0.3) is 0 Å². The molecule has 1 rings (SSSR count). The van der Waals surface area contributed by atoms with E-state index < -0.39 is 16.8 Å². The van der Waals surface area contributed by atoms with Gasteiger partial charge < -0.3 is 0 Å². The second kappa shape index (κ2) is 3.11. The zero-order valence-electron chi connectivity index (χ0n) is 5.49. The molecule has 0 fully saturated rings. The summed E-state index contributed by atoms with van der Waals surface area (Å²) in [6, 6.07) is 0. The molecule has 0 aliphatic heterocycles. The molecular weight excluding hydrogens is 214 g/mol. The molecular formula is C6H2Cl2F3N. The maximum atomic E-state index is 12.0. The topological polar surface area (TPSA) is 12.9 Å². The monoisotopic (exact) mass is 215 g/mol. The Hall–Kier alpha value is -0.480. The summed E-state index contributed by atoms with van der Waals surface area (Å²) in [5.74, 6) is 0. The van der Waals surface area contributed by atoms with Gasteiger partial charge in [-0.3, -0.25) is 4.98 Å². The van der Waals surface area contributed by atoms with E-state index in [1.54, 1.807) is 0 Å². The van der Waals surface area contributed by atoms with Crippen LogP contribution in [0.5, 0.6) is 0 Å². The van der Waals surface area contributed by atoms with Crippen LogP contribution in [0.2, 0.25) is 10.0 Å². The second-order valence-electron chi connectivity index (χ2n) is 1.98. The predicted octanol–water partition coefficient (Wildman–Crippen LogP) is 3.41. The summed E-state index contributed by atoms with van der Waals surface area (Å²) in [7, 11) is 0. The summed E-state index contributed by atoms with van der Waals surface area (Å²) in [6.45, 7) is 0. The van der Waals surface area contributed by atoms with E-state index in [4.69, 9.17) is 23.2 Å². The van der Waals surface area contributed by atoms with Gasteiger partial charge in [0.1, 0.15) is 0 Å². The molecule has 1 aromatic rings. The Bertz CT molecular complexity index is 297. The largest absolute Gasteiger partial charge is 0.419 e. The van der Waals surface area contributed by atoms with Crippen LogP contribution < -0.4 is 0 Å². The van der Waals surface area contributed by atoms with Crippen LogP contribution in [-0.4, -0.2) is 4.98 Å². The lowest BCUT2D eigenvalue weighted by Gasteiger charge is -2.07. The van der Waals surface area contributed by atoms with Crippen molar-refractivity contribution in [2.24, 2.45) is 0 Å². The molecule has 0 aromatic carbocycles. The number of alkyl halides is 3. The SMILES string of the molecule is FC(F)(F)c1cncc(Cl)c1Cl.